The van der Waals surface area contributed by atoms with Crippen LogP contribution in [0.3, 0.4) is 0 Å². The zero-order valence-electron chi connectivity index (χ0n) is 13.9. The van der Waals surface area contributed by atoms with Crippen LogP contribution in [0.2, 0.25) is 0 Å². The molecule has 1 saturated heterocycles. The van der Waals surface area contributed by atoms with Crippen LogP contribution in [-0.4, -0.2) is 30.3 Å². The van der Waals surface area contributed by atoms with Crippen molar-refractivity contribution in [1.82, 2.24) is 5.32 Å². The lowest BCUT2D eigenvalue weighted by atomic mass is 10.1. The molecule has 2 aromatic rings. The molecule has 1 unspecified atom stereocenters. The van der Waals surface area contributed by atoms with Crippen LogP contribution in [0.4, 0.5) is 11.4 Å². The molecular formula is C19H19N3O3. The molecule has 3 rings (SSSR count). The van der Waals surface area contributed by atoms with E-state index in [1.54, 1.807) is 29.2 Å². The van der Waals surface area contributed by atoms with Crippen LogP contribution in [0.5, 0.6) is 0 Å². The van der Waals surface area contributed by atoms with Gasteiger partial charge in [-0.25, -0.2) is 0 Å². The van der Waals surface area contributed by atoms with Gasteiger partial charge in [0, 0.05) is 36.8 Å². The Morgan fingerprint density at radius 2 is 1.72 bits per heavy atom. The molecule has 1 heterocycles. The van der Waals surface area contributed by atoms with Crippen molar-refractivity contribution in [2.75, 3.05) is 16.8 Å². The number of amides is 3. The van der Waals surface area contributed by atoms with Crippen molar-refractivity contribution >= 4 is 29.1 Å². The zero-order chi connectivity index (χ0) is 17.8. The summed E-state index contributed by atoms with van der Waals surface area (Å²) < 4.78 is 0. The molecule has 0 saturated carbocycles. The summed E-state index contributed by atoms with van der Waals surface area (Å²) >= 11 is 0. The predicted octanol–water partition coefficient (Wildman–Crippen LogP) is 2.18. The van der Waals surface area contributed by atoms with Crippen LogP contribution >= 0.6 is 0 Å². The summed E-state index contributed by atoms with van der Waals surface area (Å²) in [4.78, 5) is 37.2. The smallest absolute Gasteiger partial charge is 0.251 e. The van der Waals surface area contributed by atoms with E-state index in [1.807, 2.05) is 30.3 Å². The Bertz CT molecular complexity index is 787. The van der Waals surface area contributed by atoms with Gasteiger partial charge in [-0.3, -0.25) is 14.4 Å². The van der Waals surface area contributed by atoms with Crippen LogP contribution in [0.25, 0.3) is 0 Å². The van der Waals surface area contributed by atoms with E-state index < -0.39 is 0 Å². The van der Waals surface area contributed by atoms with Gasteiger partial charge >= 0.3 is 0 Å². The average Bonchev–Trinajstić information content (AvgIpc) is 2.96. The summed E-state index contributed by atoms with van der Waals surface area (Å²) in [6.45, 7) is 1.88. The molecule has 0 aliphatic carbocycles. The third-order valence-electron chi connectivity index (χ3n) is 4.00. The maximum absolute atomic E-state index is 12.4. The highest BCUT2D eigenvalue weighted by atomic mass is 16.2. The SMILES string of the molecule is CC(=O)Nc1ccc(C(=O)NC2CC(=O)N(c3ccccc3)C2)cc1. The van der Waals surface area contributed by atoms with Crippen LogP contribution < -0.4 is 15.5 Å². The van der Waals surface area contributed by atoms with E-state index in [0.29, 0.717) is 17.8 Å². The Kier molecular flexibility index (Phi) is 4.79. The van der Waals surface area contributed by atoms with Gasteiger partial charge in [0.15, 0.2) is 0 Å². The molecule has 0 spiro atoms. The molecule has 128 valence electrons. The molecule has 6 nitrogen and oxygen atoms in total. The van der Waals surface area contributed by atoms with Gasteiger partial charge in [-0.1, -0.05) is 18.2 Å². The highest BCUT2D eigenvalue weighted by Crippen LogP contribution is 2.21. The third-order valence-corrected chi connectivity index (χ3v) is 4.00. The fraction of sp³-hybridized carbons (Fsp3) is 0.211. The molecular weight excluding hydrogens is 318 g/mol. The van der Waals surface area contributed by atoms with Crippen LogP contribution in [0.15, 0.2) is 54.6 Å². The quantitative estimate of drug-likeness (QED) is 0.897. The number of para-hydroxylation sites is 1. The third kappa shape index (κ3) is 4.03. The second-order valence-electron chi connectivity index (χ2n) is 5.97. The maximum atomic E-state index is 12.4. The lowest BCUT2D eigenvalue weighted by Gasteiger charge is -2.17. The summed E-state index contributed by atoms with van der Waals surface area (Å²) in [5.74, 6) is -0.401. The lowest BCUT2D eigenvalue weighted by Crippen LogP contribution is -2.37. The largest absolute Gasteiger partial charge is 0.347 e. The Hall–Kier alpha value is -3.15. The minimum absolute atomic E-state index is 0.00231. The molecule has 0 radical (unpaired) electrons. The van der Waals surface area contributed by atoms with E-state index in [-0.39, 0.29) is 30.2 Å². The molecule has 2 N–H and O–H groups in total. The van der Waals surface area contributed by atoms with E-state index in [2.05, 4.69) is 10.6 Å². The first-order valence-corrected chi connectivity index (χ1v) is 8.07. The first kappa shape index (κ1) is 16.7. The van der Waals surface area contributed by atoms with Gasteiger partial charge in [0.1, 0.15) is 0 Å². The van der Waals surface area contributed by atoms with Gasteiger partial charge in [0.2, 0.25) is 11.8 Å². The molecule has 3 amide bonds. The van der Waals surface area contributed by atoms with Crippen molar-refractivity contribution in [3.8, 4) is 0 Å². The Morgan fingerprint density at radius 3 is 2.36 bits per heavy atom. The van der Waals surface area contributed by atoms with Gasteiger partial charge in [0.05, 0.1) is 6.04 Å². The Labute approximate surface area is 145 Å². The van der Waals surface area contributed by atoms with Gasteiger partial charge in [-0.2, -0.15) is 0 Å². The topological polar surface area (TPSA) is 78.5 Å². The zero-order valence-corrected chi connectivity index (χ0v) is 13.9. The second kappa shape index (κ2) is 7.17. The summed E-state index contributed by atoms with van der Waals surface area (Å²) in [6.07, 6.45) is 0.282. The average molecular weight is 337 g/mol. The highest BCUT2D eigenvalue weighted by Gasteiger charge is 2.31. The first-order valence-electron chi connectivity index (χ1n) is 8.07. The second-order valence-corrected chi connectivity index (χ2v) is 5.97. The van der Waals surface area contributed by atoms with E-state index in [0.717, 1.165) is 5.69 Å². The van der Waals surface area contributed by atoms with Crippen molar-refractivity contribution in [2.45, 2.75) is 19.4 Å². The molecule has 25 heavy (non-hydrogen) atoms. The lowest BCUT2D eigenvalue weighted by molar-refractivity contribution is -0.117. The number of hydrogen-bond acceptors (Lipinski definition) is 3. The van der Waals surface area contributed by atoms with Gasteiger partial charge < -0.3 is 15.5 Å². The standard InChI is InChI=1S/C19H19N3O3/c1-13(23)20-15-9-7-14(8-10-15)19(25)21-16-11-18(24)22(12-16)17-5-3-2-4-6-17/h2-10,16H,11-12H2,1H3,(H,20,23)(H,21,25). The van der Waals surface area contributed by atoms with Crippen LogP contribution in [0, 0.1) is 0 Å². The Balaban J connectivity index is 1.62. The number of carbonyl (C=O) groups excluding carboxylic acids is 3. The molecule has 1 fully saturated rings. The van der Waals surface area contributed by atoms with Crippen molar-refractivity contribution < 1.29 is 14.4 Å². The van der Waals surface area contributed by atoms with E-state index in [1.165, 1.54) is 6.92 Å². The molecule has 0 bridgehead atoms. The van der Waals surface area contributed by atoms with Gasteiger partial charge in [-0.15, -0.1) is 0 Å². The number of carbonyl (C=O) groups is 3. The number of benzene rings is 2. The number of anilines is 2. The first-order chi connectivity index (χ1) is 12.0. The van der Waals surface area contributed by atoms with Crippen molar-refractivity contribution in [1.29, 1.82) is 0 Å². The van der Waals surface area contributed by atoms with Gasteiger partial charge in [-0.05, 0) is 36.4 Å². The molecule has 0 aromatic heterocycles. The molecule has 1 atom stereocenters. The highest BCUT2D eigenvalue weighted by molar-refractivity contribution is 5.99. The normalized spacial score (nSPS) is 16.6. The molecule has 1 aliphatic heterocycles. The monoisotopic (exact) mass is 337 g/mol. The van der Waals surface area contributed by atoms with Crippen LogP contribution in [0.1, 0.15) is 23.7 Å². The number of nitrogens with zero attached hydrogens (tertiary/aromatic N) is 1. The van der Waals surface area contributed by atoms with Crippen molar-refractivity contribution in [3.05, 3.63) is 60.2 Å². The summed E-state index contributed by atoms with van der Waals surface area (Å²) in [6, 6.07) is 15.8. The molecule has 1 aliphatic rings. The molecule has 2 aromatic carbocycles. The summed E-state index contributed by atoms with van der Waals surface area (Å²) in [7, 11) is 0. The maximum Gasteiger partial charge on any atom is 0.251 e. The van der Waals surface area contributed by atoms with Crippen LogP contribution in [-0.2, 0) is 9.59 Å². The molecule has 6 heteroatoms. The fourth-order valence-electron chi connectivity index (χ4n) is 2.84. The van der Waals surface area contributed by atoms with Gasteiger partial charge in [0.25, 0.3) is 5.91 Å². The van der Waals surface area contributed by atoms with Crippen molar-refractivity contribution in [3.63, 3.8) is 0 Å². The summed E-state index contributed by atoms with van der Waals surface area (Å²) in [5.41, 5.74) is 1.96. The van der Waals surface area contributed by atoms with E-state index in [4.69, 9.17) is 0 Å². The Morgan fingerprint density at radius 1 is 1.04 bits per heavy atom. The minimum atomic E-state index is -0.234. The minimum Gasteiger partial charge on any atom is -0.347 e. The number of rotatable bonds is 4. The number of hydrogen-bond donors (Lipinski definition) is 2. The predicted molar refractivity (Wildman–Crippen MR) is 95.4 cm³/mol. The number of nitrogens with one attached hydrogen (secondary N) is 2. The van der Waals surface area contributed by atoms with E-state index in [9.17, 15) is 14.4 Å². The summed E-state index contributed by atoms with van der Waals surface area (Å²) in [5, 5.41) is 5.55. The van der Waals surface area contributed by atoms with Crippen molar-refractivity contribution in [2.24, 2.45) is 0 Å². The van der Waals surface area contributed by atoms with E-state index >= 15 is 0 Å². The fourth-order valence-corrected chi connectivity index (χ4v) is 2.84.